The van der Waals surface area contributed by atoms with Crippen LogP contribution in [0.25, 0.3) is 0 Å². The first-order valence-electron chi connectivity index (χ1n) is 5.61. The van der Waals surface area contributed by atoms with E-state index in [-0.39, 0.29) is 5.15 Å². The highest BCUT2D eigenvalue weighted by atomic mass is 35.5. The number of aryl methyl sites for hydroxylation is 1. The number of nitrogens with zero attached hydrogens (tertiary/aromatic N) is 2. The highest BCUT2D eigenvalue weighted by Gasteiger charge is 2.22. The van der Waals surface area contributed by atoms with Gasteiger partial charge in [-0.25, -0.2) is 4.79 Å². The molecule has 100 valence electrons. The Morgan fingerprint density at radius 1 is 1.42 bits per heavy atom. The van der Waals surface area contributed by atoms with Gasteiger partial charge in [-0.3, -0.25) is 4.68 Å². The van der Waals surface area contributed by atoms with E-state index in [2.05, 4.69) is 5.10 Å². The Morgan fingerprint density at radius 3 is 2.74 bits per heavy atom. The number of hydrogen-bond acceptors (Lipinski definition) is 4. The molecule has 2 aromatic rings. The number of esters is 1. The number of thioether (sulfide) groups is 1. The van der Waals surface area contributed by atoms with Crippen LogP contribution in [0.3, 0.4) is 0 Å². The van der Waals surface area contributed by atoms with E-state index in [1.54, 1.807) is 11.7 Å². The Balaban J connectivity index is 2.22. The zero-order chi connectivity index (χ0) is 13.8. The highest BCUT2D eigenvalue weighted by Crippen LogP contribution is 2.30. The molecule has 0 N–H and O–H groups in total. The molecule has 0 spiro atoms. The molecule has 0 bridgehead atoms. The van der Waals surface area contributed by atoms with Gasteiger partial charge in [0.25, 0.3) is 0 Å². The third-order valence-electron chi connectivity index (χ3n) is 2.56. The normalized spacial score (nSPS) is 10.5. The highest BCUT2D eigenvalue weighted by molar-refractivity contribution is 7.98. The van der Waals surface area contributed by atoms with Crippen LogP contribution in [-0.4, -0.2) is 22.9 Å². The topological polar surface area (TPSA) is 44.1 Å². The molecule has 6 heteroatoms. The fraction of sp³-hybridized carbons (Fsp3) is 0.231. The van der Waals surface area contributed by atoms with Crippen LogP contribution in [0, 0.1) is 0 Å². The van der Waals surface area contributed by atoms with Crippen molar-refractivity contribution in [1.82, 2.24) is 9.78 Å². The van der Waals surface area contributed by atoms with Crippen LogP contribution in [0.4, 0.5) is 0 Å². The van der Waals surface area contributed by atoms with Crippen LogP contribution < -0.4 is 0 Å². The molecule has 0 fully saturated rings. The van der Waals surface area contributed by atoms with E-state index in [1.807, 2.05) is 30.3 Å². The lowest BCUT2D eigenvalue weighted by Gasteiger charge is -2.05. The first-order chi connectivity index (χ1) is 9.13. The third-order valence-corrected chi connectivity index (χ3v) is 4.04. The Morgan fingerprint density at radius 2 is 2.11 bits per heavy atom. The second-order valence-electron chi connectivity index (χ2n) is 3.86. The number of ether oxygens (including phenoxy) is 1. The van der Waals surface area contributed by atoms with Crippen LogP contribution >= 0.6 is 23.4 Å². The number of halogens is 1. The van der Waals surface area contributed by atoms with Gasteiger partial charge in [0.05, 0.1) is 7.11 Å². The Bertz CT molecular complexity index is 584. The maximum absolute atomic E-state index is 11.7. The Kier molecular flexibility index (Phi) is 4.50. The van der Waals surface area contributed by atoms with Crippen molar-refractivity contribution < 1.29 is 9.53 Å². The zero-order valence-corrected chi connectivity index (χ0v) is 12.2. The summed E-state index contributed by atoms with van der Waals surface area (Å²) < 4.78 is 6.33. The minimum Gasteiger partial charge on any atom is -0.465 e. The largest absolute Gasteiger partial charge is 0.465 e. The minimum atomic E-state index is -0.464. The van der Waals surface area contributed by atoms with Gasteiger partial charge >= 0.3 is 5.97 Å². The maximum Gasteiger partial charge on any atom is 0.343 e. The van der Waals surface area contributed by atoms with Crippen LogP contribution in [-0.2, 0) is 17.5 Å². The predicted molar refractivity (Wildman–Crippen MR) is 75.6 cm³/mol. The smallest absolute Gasteiger partial charge is 0.343 e. The summed E-state index contributed by atoms with van der Waals surface area (Å²) in [5.74, 6) is 0.273. The van der Waals surface area contributed by atoms with Crippen LogP contribution in [0.2, 0.25) is 5.15 Å². The molecule has 1 aromatic carbocycles. The molecule has 2 rings (SSSR count). The number of methoxy groups -OCH3 is 1. The second-order valence-corrected chi connectivity index (χ2v) is 5.18. The van der Waals surface area contributed by atoms with Gasteiger partial charge in [0.1, 0.15) is 10.6 Å². The van der Waals surface area contributed by atoms with Crippen LogP contribution in [0.5, 0.6) is 0 Å². The SMILES string of the molecule is COC(=O)c1c(Cl)nn(C)c1SCc1ccccc1. The summed E-state index contributed by atoms with van der Waals surface area (Å²) >= 11 is 7.47. The maximum atomic E-state index is 11.7. The van der Waals surface area contributed by atoms with Crippen molar-refractivity contribution >= 4 is 29.3 Å². The third kappa shape index (κ3) is 3.11. The zero-order valence-electron chi connectivity index (χ0n) is 10.6. The molecule has 0 radical (unpaired) electrons. The number of carbonyl (C=O) groups is 1. The molecular weight excluding hydrogens is 284 g/mol. The monoisotopic (exact) mass is 296 g/mol. The van der Waals surface area contributed by atoms with Gasteiger partial charge in [-0.15, -0.1) is 11.8 Å². The second kappa shape index (κ2) is 6.12. The molecule has 0 saturated heterocycles. The Labute approximate surface area is 120 Å². The predicted octanol–water partition coefficient (Wildman–Crippen LogP) is 3.15. The van der Waals surface area contributed by atoms with Crippen molar-refractivity contribution in [3.63, 3.8) is 0 Å². The molecule has 0 aliphatic heterocycles. The van der Waals surface area contributed by atoms with Crippen molar-refractivity contribution in [2.45, 2.75) is 10.8 Å². The van der Waals surface area contributed by atoms with Gasteiger partial charge in [-0.05, 0) is 5.56 Å². The summed E-state index contributed by atoms with van der Waals surface area (Å²) in [6.07, 6.45) is 0. The molecule has 0 unspecified atom stereocenters. The number of benzene rings is 1. The van der Waals surface area contributed by atoms with E-state index in [4.69, 9.17) is 16.3 Å². The van der Waals surface area contributed by atoms with Crippen LogP contribution in [0.1, 0.15) is 15.9 Å². The molecule has 19 heavy (non-hydrogen) atoms. The molecule has 0 aliphatic rings. The van der Waals surface area contributed by atoms with E-state index in [0.717, 1.165) is 5.75 Å². The Hall–Kier alpha value is -1.46. The van der Waals surface area contributed by atoms with E-state index < -0.39 is 5.97 Å². The van der Waals surface area contributed by atoms with Crippen molar-refractivity contribution in [3.8, 4) is 0 Å². The molecule has 0 aliphatic carbocycles. The van der Waals surface area contributed by atoms with Crippen molar-refractivity contribution in [3.05, 3.63) is 46.6 Å². The molecule has 0 amide bonds. The summed E-state index contributed by atoms with van der Waals surface area (Å²) in [6.45, 7) is 0. The van der Waals surface area contributed by atoms with Crippen molar-refractivity contribution in [2.24, 2.45) is 7.05 Å². The number of hydrogen-bond donors (Lipinski definition) is 0. The fourth-order valence-corrected chi connectivity index (χ4v) is 3.03. The summed E-state index contributed by atoms with van der Waals surface area (Å²) in [7, 11) is 3.09. The van der Waals surface area contributed by atoms with Gasteiger partial charge in [0, 0.05) is 12.8 Å². The summed E-state index contributed by atoms with van der Waals surface area (Å²) in [6, 6.07) is 9.99. The van der Waals surface area contributed by atoms with Gasteiger partial charge in [0.15, 0.2) is 5.15 Å². The van der Waals surface area contributed by atoms with Crippen molar-refractivity contribution in [2.75, 3.05) is 7.11 Å². The lowest BCUT2D eigenvalue weighted by molar-refractivity contribution is 0.0596. The summed E-state index contributed by atoms with van der Waals surface area (Å²) in [5, 5.41) is 4.93. The minimum absolute atomic E-state index is 0.171. The fourth-order valence-electron chi connectivity index (χ4n) is 1.64. The van der Waals surface area contributed by atoms with E-state index >= 15 is 0 Å². The molecule has 1 aromatic heterocycles. The molecule has 4 nitrogen and oxygen atoms in total. The molecule has 1 heterocycles. The molecule has 0 saturated carbocycles. The molecular formula is C13H13ClN2O2S. The first kappa shape index (κ1) is 14.0. The molecule has 0 atom stereocenters. The summed E-state index contributed by atoms with van der Waals surface area (Å²) in [5.41, 5.74) is 1.49. The van der Waals surface area contributed by atoms with Crippen molar-refractivity contribution in [1.29, 1.82) is 0 Å². The average Bonchev–Trinajstić information content (AvgIpc) is 2.71. The average molecular weight is 297 g/mol. The number of carbonyl (C=O) groups excluding carboxylic acids is 1. The lowest BCUT2D eigenvalue weighted by Crippen LogP contribution is -2.03. The van der Waals surface area contributed by atoms with E-state index in [1.165, 1.54) is 24.4 Å². The standard InChI is InChI=1S/C13H13ClN2O2S/c1-16-12(10(11(14)15-16)13(17)18-2)19-8-9-6-4-3-5-7-9/h3-7H,8H2,1-2H3. The lowest BCUT2D eigenvalue weighted by atomic mass is 10.2. The van der Waals surface area contributed by atoms with Gasteiger partial charge < -0.3 is 4.74 Å². The first-order valence-corrected chi connectivity index (χ1v) is 6.97. The summed E-state index contributed by atoms with van der Waals surface area (Å²) in [4.78, 5) is 11.7. The van der Waals surface area contributed by atoms with Gasteiger partial charge in [-0.1, -0.05) is 41.9 Å². The number of rotatable bonds is 4. The van der Waals surface area contributed by atoms with Gasteiger partial charge in [0.2, 0.25) is 0 Å². The quantitative estimate of drug-likeness (QED) is 0.642. The number of aromatic nitrogens is 2. The van der Waals surface area contributed by atoms with E-state index in [9.17, 15) is 4.79 Å². The van der Waals surface area contributed by atoms with Crippen LogP contribution in [0.15, 0.2) is 35.4 Å². The van der Waals surface area contributed by atoms with Gasteiger partial charge in [-0.2, -0.15) is 5.10 Å². The van der Waals surface area contributed by atoms with E-state index in [0.29, 0.717) is 10.6 Å².